The van der Waals surface area contributed by atoms with Crippen LogP contribution in [0.25, 0.3) is 10.2 Å². The summed E-state index contributed by atoms with van der Waals surface area (Å²) in [4.78, 5) is 4.31. The van der Waals surface area contributed by atoms with Crippen LogP contribution in [0.2, 0.25) is 0 Å². The van der Waals surface area contributed by atoms with Gasteiger partial charge in [0.2, 0.25) is 0 Å². The first-order valence-corrected chi connectivity index (χ1v) is 5.80. The fraction of sp³-hybridized carbons (Fsp3) is 0.364. The van der Waals surface area contributed by atoms with Gasteiger partial charge in [0, 0.05) is 5.69 Å². The first-order valence-electron chi connectivity index (χ1n) is 4.98. The van der Waals surface area contributed by atoms with E-state index in [1.807, 2.05) is 19.1 Å². The molecule has 0 fully saturated rings. The van der Waals surface area contributed by atoms with Crippen LogP contribution in [0.1, 0.15) is 11.9 Å². The van der Waals surface area contributed by atoms with E-state index in [1.54, 1.807) is 17.4 Å². The van der Waals surface area contributed by atoms with E-state index in [-0.39, 0.29) is 0 Å². The SMILES string of the molecule is Cc1nc2ccc(NC(C)C(F)F)cc2s1. The van der Waals surface area contributed by atoms with Gasteiger partial charge < -0.3 is 5.32 Å². The Morgan fingerprint density at radius 3 is 2.81 bits per heavy atom. The Bertz CT molecular complexity index is 496. The molecule has 1 atom stereocenters. The van der Waals surface area contributed by atoms with Crippen LogP contribution in [0.4, 0.5) is 14.5 Å². The van der Waals surface area contributed by atoms with Crippen molar-refractivity contribution in [1.29, 1.82) is 0 Å². The average Bonchev–Trinajstić information content (AvgIpc) is 2.57. The van der Waals surface area contributed by atoms with Crippen molar-refractivity contribution in [2.75, 3.05) is 5.32 Å². The lowest BCUT2D eigenvalue weighted by Crippen LogP contribution is -2.23. The van der Waals surface area contributed by atoms with Crippen molar-refractivity contribution in [3.8, 4) is 0 Å². The van der Waals surface area contributed by atoms with E-state index in [4.69, 9.17) is 0 Å². The molecule has 1 aromatic heterocycles. The lowest BCUT2D eigenvalue weighted by molar-refractivity contribution is 0.131. The molecule has 1 aromatic carbocycles. The summed E-state index contributed by atoms with van der Waals surface area (Å²) in [5, 5.41) is 3.75. The van der Waals surface area contributed by atoms with Crippen molar-refractivity contribution < 1.29 is 8.78 Å². The van der Waals surface area contributed by atoms with Crippen molar-refractivity contribution in [1.82, 2.24) is 4.98 Å². The second-order valence-electron chi connectivity index (χ2n) is 3.68. The van der Waals surface area contributed by atoms with Crippen molar-refractivity contribution in [2.45, 2.75) is 26.3 Å². The Balaban J connectivity index is 2.25. The number of hydrogen-bond acceptors (Lipinski definition) is 3. The standard InChI is InChI=1S/C11H12F2N2S/c1-6(11(12)13)14-8-3-4-9-10(5-8)16-7(2)15-9/h3-6,11,14H,1-2H3. The molecular weight excluding hydrogens is 230 g/mol. The minimum Gasteiger partial charge on any atom is -0.377 e. The molecule has 1 N–H and O–H groups in total. The van der Waals surface area contributed by atoms with Crippen molar-refractivity contribution in [3.05, 3.63) is 23.2 Å². The molecule has 16 heavy (non-hydrogen) atoms. The fourth-order valence-electron chi connectivity index (χ4n) is 1.46. The number of benzene rings is 1. The lowest BCUT2D eigenvalue weighted by atomic mass is 10.2. The summed E-state index contributed by atoms with van der Waals surface area (Å²) >= 11 is 1.56. The Morgan fingerprint density at radius 2 is 2.12 bits per heavy atom. The maximum atomic E-state index is 12.4. The Morgan fingerprint density at radius 1 is 1.38 bits per heavy atom. The topological polar surface area (TPSA) is 24.9 Å². The van der Waals surface area contributed by atoms with Gasteiger partial charge in [-0.15, -0.1) is 11.3 Å². The summed E-state index contributed by atoms with van der Waals surface area (Å²) in [7, 11) is 0. The quantitative estimate of drug-likeness (QED) is 0.888. The second kappa shape index (κ2) is 4.33. The molecule has 2 rings (SSSR count). The number of nitrogens with zero attached hydrogens (tertiary/aromatic N) is 1. The van der Waals surface area contributed by atoms with Crippen LogP contribution in [-0.4, -0.2) is 17.5 Å². The molecule has 0 amide bonds. The Kier molecular flexibility index (Phi) is 3.05. The molecule has 0 aliphatic carbocycles. The number of thiazole rings is 1. The summed E-state index contributed by atoms with van der Waals surface area (Å²) in [6, 6.07) is 4.64. The number of rotatable bonds is 3. The lowest BCUT2D eigenvalue weighted by Gasteiger charge is -2.13. The van der Waals surface area contributed by atoms with Crippen molar-refractivity contribution >= 4 is 27.2 Å². The summed E-state index contributed by atoms with van der Waals surface area (Å²) in [6.07, 6.45) is -2.36. The number of aryl methyl sites for hydroxylation is 1. The highest BCUT2D eigenvalue weighted by Gasteiger charge is 2.14. The molecule has 5 heteroatoms. The molecule has 0 aliphatic rings. The summed E-state index contributed by atoms with van der Waals surface area (Å²) in [6.45, 7) is 3.40. The highest BCUT2D eigenvalue weighted by molar-refractivity contribution is 7.18. The maximum absolute atomic E-state index is 12.4. The first-order chi connectivity index (χ1) is 7.56. The van der Waals surface area contributed by atoms with Crippen molar-refractivity contribution in [3.63, 3.8) is 0 Å². The summed E-state index contributed by atoms with van der Waals surface area (Å²) < 4.78 is 25.7. The van der Waals surface area contributed by atoms with Crippen LogP contribution in [0, 0.1) is 6.92 Å². The predicted molar refractivity (Wildman–Crippen MR) is 63.4 cm³/mol. The molecule has 86 valence electrons. The van der Waals surface area contributed by atoms with Crippen LogP contribution in [0.15, 0.2) is 18.2 Å². The largest absolute Gasteiger partial charge is 0.377 e. The van der Waals surface area contributed by atoms with Crippen LogP contribution < -0.4 is 5.32 Å². The van der Waals surface area contributed by atoms with Gasteiger partial charge in [0.05, 0.1) is 21.3 Å². The van der Waals surface area contributed by atoms with Crippen LogP contribution in [0.3, 0.4) is 0 Å². The third-order valence-electron chi connectivity index (χ3n) is 2.27. The molecule has 0 radical (unpaired) electrons. The highest BCUT2D eigenvalue weighted by atomic mass is 32.1. The molecule has 1 unspecified atom stereocenters. The van der Waals surface area contributed by atoms with Gasteiger partial charge in [-0.1, -0.05) is 0 Å². The molecule has 2 nitrogen and oxygen atoms in total. The zero-order valence-electron chi connectivity index (χ0n) is 9.00. The van der Waals surface area contributed by atoms with Gasteiger partial charge in [0.15, 0.2) is 0 Å². The summed E-state index contributed by atoms with van der Waals surface area (Å²) in [5.41, 5.74) is 1.63. The van der Waals surface area contributed by atoms with Gasteiger partial charge in [-0.05, 0) is 32.0 Å². The van der Waals surface area contributed by atoms with E-state index < -0.39 is 12.5 Å². The van der Waals surface area contributed by atoms with Gasteiger partial charge in [-0.3, -0.25) is 0 Å². The monoisotopic (exact) mass is 242 g/mol. The number of alkyl halides is 2. The van der Waals surface area contributed by atoms with Crippen LogP contribution >= 0.6 is 11.3 Å². The molecule has 1 heterocycles. The Labute approximate surface area is 96.3 Å². The van der Waals surface area contributed by atoms with Crippen LogP contribution in [0.5, 0.6) is 0 Å². The highest BCUT2D eigenvalue weighted by Crippen LogP contribution is 2.25. The number of anilines is 1. The summed E-state index contributed by atoms with van der Waals surface area (Å²) in [5.74, 6) is 0. The zero-order chi connectivity index (χ0) is 11.7. The second-order valence-corrected chi connectivity index (χ2v) is 4.92. The van der Waals surface area contributed by atoms with E-state index in [9.17, 15) is 8.78 Å². The normalized spacial score (nSPS) is 13.3. The van der Waals surface area contributed by atoms with Crippen molar-refractivity contribution in [2.24, 2.45) is 0 Å². The maximum Gasteiger partial charge on any atom is 0.258 e. The number of halogens is 2. The van der Waals surface area contributed by atoms with E-state index >= 15 is 0 Å². The predicted octanol–water partition coefficient (Wildman–Crippen LogP) is 3.67. The third-order valence-corrected chi connectivity index (χ3v) is 3.20. The molecule has 0 saturated carbocycles. The molecular formula is C11H12F2N2S. The van der Waals surface area contributed by atoms with Gasteiger partial charge >= 0.3 is 0 Å². The third kappa shape index (κ3) is 2.29. The van der Waals surface area contributed by atoms with Gasteiger partial charge in [-0.25, -0.2) is 13.8 Å². The molecule has 2 aromatic rings. The Hall–Kier alpha value is -1.23. The number of hydrogen-bond donors (Lipinski definition) is 1. The van der Waals surface area contributed by atoms with E-state index in [0.29, 0.717) is 5.69 Å². The fourth-order valence-corrected chi connectivity index (χ4v) is 2.32. The van der Waals surface area contributed by atoms with E-state index in [2.05, 4.69) is 10.3 Å². The minimum absolute atomic E-state index is 0.712. The first kappa shape index (κ1) is 11.3. The van der Waals surface area contributed by atoms with E-state index in [0.717, 1.165) is 15.2 Å². The number of aromatic nitrogens is 1. The number of fused-ring (bicyclic) bond motifs is 1. The van der Waals surface area contributed by atoms with E-state index in [1.165, 1.54) is 6.92 Å². The van der Waals surface area contributed by atoms with Gasteiger partial charge in [0.1, 0.15) is 0 Å². The zero-order valence-corrected chi connectivity index (χ0v) is 9.81. The molecule has 0 spiro atoms. The smallest absolute Gasteiger partial charge is 0.258 e. The average molecular weight is 242 g/mol. The molecule has 0 saturated heterocycles. The minimum atomic E-state index is -2.36. The number of nitrogens with one attached hydrogen (secondary N) is 1. The van der Waals surface area contributed by atoms with Gasteiger partial charge in [-0.2, -0.15) is 0 Å². The molecule has 0 aliphatic heterocycles. The van der Waals surface area contributed by atoms with Gasteiger partial charge in [0.25, 0.3) is 6.43 Å². The molecule has 0 bridgehead atoms. The van der Waals surface area contributed by atoms with Crippen LogP contribution in [-0.2, 0) is 0 Å².